The van der Waals surface area contributed by atoms with Gasteiger partial charge in [-0.3, -0.25) is 14.5 Å². The van der Waals surface area contributed by atoms with E-state index in [4.69, 9.17) is 9.47 Å². The van der Waals surface area contributed by atoms with Crippen molar-refractivity contribution in [2.75, 3.05) is 31.7 Å². The van der Waals surface area contributed by atoms with Crippen molar-refractivity contribution >= 4 is 35.1 Å². The molecule has 5 rings (SSSR count). The second-order valence-electron chi connectivity index (χ2n) is 11.6. The fourth-order valence-corrected chi connectivity index (χ4v) is 7.14. The number of ether oxygens (including phenoxy) is 2. The molecule has 14 heteroatoms. The van der Waals surface area contributed by atoms with Crippen LogP contribution in [0.4, 0.5) is 23.7 Å². The largest absolute Gasteiger partial charge is 0.573 e. The van der Waals surface area contributed by atoms with Gasteiger partial charge in [0.15, 0.2) is 11.5 Å². The predicted octanol–water partition coefficient (Wildman–Crippen LogP) is 5.48. The number of alkyl halides is 2. The molecule has 2 aliphatic rings. The Bertz CT molecular complexity index is 1620. The molecule has 1 aliphatic heterocycles. The number of halogens is 3. The van der Waals surface area contributed by atoms with Gasteiger partial charge in [0.1, 0.15) is 37.3 Å². The predicted molar refractivity (Wildman–Crippen MR) is 173 cm³/mol. The van der Waals surface area contributed by atoms with E-state index in [1.165, 1.54) is 29.6 Å². The van der Waals surface area contributed by atoms with Crippen molar-refractivity contribution in [1.29, 1.82) is 0 Å². The van der Waals surface area contributed by atoms with Crippen molar-refractivity contribution in [2.24, 2.45) is 0 Å². The molecule has 3 aromatic carbocycles. The van der Waals surface area contributed by atoms with Crippen LogP contribution in [0.15, 0.2) is 72.8 Å². The molecule has 2 fully saturated rings. The van der Waals surface area contributed by atoms with Gasteiger partial charge in [0.2, 0.25) is 11.8 Å². The van der Waals surface area contributed by atoms with Crippen molar-refractivity contribution in [3.63, 3.8) is 0 Å². The molecule has 48 heavy (non-hydrogen) atoms. The summed E-state index contributed by atoms with van der Waals surface area (Å²) in [6.45, 7) is 2.99. The van der Waals surface area contributed by atoms with Crippen LogP contribution >= 0.6 is 0 Å². The molecular weight excluding hydrogens is 649 g/mol. The highest BCUT2D eigenvalue weighted by atomic mass is 32.2. The summed E-state index contributed by atoms with van der Waals surface area (Å²) in [5, 5.41) is 2.67. The van der Waals surface area contributed by atoms with E-state index in [2.05, 4.69) is 5.32 Å². The number of amides is 3. The summed E-state index contributed by atoms with van der Waals surface area (Å²) >= 11 is -2.23. The third-order valence-corrected chi connectivity index (χ3v) is 10.0. The van der Waals surface area contributed by atoms with Crippen LogP contribution in [-0.2, 0) is 32.3 Å². The van der Waals surface area contributed by atoms with Crippen LogP contribution in [-0.4, -0.2) is 69.8 Å². The van der Waals surface area contributed by atoms with E-state index in [1.54, 1.807) is 55.5 Å². The van der Waals surface area contributed by atoms with Gasteiger partial charge in [0.25, 0.3) is 5.92 Å². The molecule has 0 radical (unpaired) electrons. The van der Waals surface area contributed by atoms with Crippen LogP contribution in [0, 0.1) is 5.82 Å². The van der Waals surface area contributed by atoms with Gasteiger partial charge < -0.3 is 19.3 Å². The van der Waals surface area contributed by atoms with Crippen molar-refractivity contribution in [3.05, 3.63) is 95.3 Å². The highest BCUT2D eigenvalue weighted by Gasteiger charge is 2.48. The van der Waals surface area contributed by atoms with Gasteiger partial charge in [-0.1, -0.05) is 53.7 Å². The van der Waals surface area contributed by atoms with Gasteiger partial charge in [-0.15, -0.1) is 4.31 Å². The molecule has 256 valence electrons. The lowest BCUT2D eigenvalue weighted by Gasteiger charge is -2.39. The van der Waals surface area contributed by atoms with Crippen LogP contribution in [0.5, 0.6) is 5.75 Å². The summed E-state index contributed by atoms with van der Waals surface area (Å²) in [7, 11) is 1.51. The number of cyclic esters (lactones) is 1. The van der Waals surface area contributed by atoms with Gasteiger partial charge in [-0.05, 0) is 60.4 Å². The first-order valence-electron chi connectivity index (χ1n) is 15.5. The zero-order valence-electron chi connectivity index (χ0n) is 26.7. The first-order chi connectivity index (χ1) is 22.9. The molecule has 1 N–H and O–H groups in total. The van der Waals surface area contributed by atoms with Crippen LogP contribution in [0.3, 0.4) is 0 Å². The number of carbonyl (C=O) groups excluding carboxylic acids is 3. The Labute approximate surface area is 280 Å². The number of hydrogen-bond donors (Lipinski definition) is 1. The molecule has 3 atom stereocenters. The molecule has 0 spiro atoms. The maximum Gasteiger partial charge on any atom is 0.453 e. The molecule has 10 nitrogen and oxygen atoms in total. The molecule has 3 aromatic rings. The molecule has 0 aromatic heterocycles. The minimum Gasteiger partial charge on any atom is -0.573 e. The van der Waals surface area contributed by atoms with Crippen molar-refractivity contribution < 1.29 is 41.6 Å². The molecule has 1 saturated carbocycles. The van der Waals surface area contributed by atoms with E-state index in [0.717, 1.165) is 15.3 Å². The van der Waals surface area contributed by atoms with Crippen LogP contribution in [0.2, 0.25) is 0 Å². The van der Waals surface area contributed by atoms with Crippen molar-refractivity contribution in [1.82, 2.24) is 13.9 Å². The quantitative estimate of drug-likeness (QED) is 0.237. The molecular formula is C34H37F3N4O6S. The number of aryl methyl sites for hydroxylation is 1. The first kappa shape index (κ1) is 35.0. The SMILES string of the molecule is CCc1ccccc1[C@@H](C(=O)NC1CC(F)(F)C1)N(C(=O)CN([C@@H](C)c1ccc(OC)cc1)[S+]([O-])N1CCOC1=O)c1cccc(F)c1. The fraction of sp³-hybridized carbons (Fsp3) is 0.382. The van der Waals surface area contributed by atoms with Crippen molar-refractivity contribution in [2.45, 2.75) is 57.2 Å². The Kier molecular flexibility index (Phi) is 10.9. The molecule has 1 unspecified atom stereocenters. The average Bonchev–Trinajstić information content (AvgIpc) is 3.50. The van der Waals surface area contributed by atoms with Crippen LogP contribution < -0.4 is 15.0 Å². The second kappa shape index (κ2) is 14.9. The Morgan fingerprint density at radius 2 is 1.83 bits per heavy atom. The average molecular weight is 687 g/mol. The topological polar surface area (TPSA) is 114 Å². The van der Waals surface area contributed by atoms with E-state index in [1.807, 2.05) is 6.92 Å². The Balaban J connectivity index is 1.58. The summed E-state index contributed by atoms with van der Waals surface area (Å²) in [4.78, 5) is 42.4. The highest BCUT2D eigenvalue weighted by molar-refractivity contribution is 7.87. The highest BCUT2D eigenvalue weighted by Crippen LogP contribution is 2.39. The standard InChI is InChI=1S/C34H37F3N4O6S/c1-4-23-8-5-6-11-29(23)31(32(43)38-26-19-34(36,37)20-26)41(27-10-7-9-25(35)18-27)30(42)21-40(48(45)39-16-17-47-33(39)44)22(2)24-12-14-28(46-3)15-13-24/h5-15,18,22,26,31H,4,16-17,19-21H2,1-3H3,(H,38,43)/t22-,31-,48?/m0/s1. The number of benzene rings is 3. The minimum absolute atomic E-state index is 0.00888. The van der Waals surface area contributed by atoms with Crippen molar-refractivity contribution in [3.8, 4) is 5.75 Å². The monoisotopic (exact) mass is 686 g/mol. The van der Waals surface area contributed by atoms with E-state index in [0.29, 0.717) is 28.9 Å². The van der Waals surface area contributed by atoms with Gasteiger partial charge in [-0.2, -0.15) is 0 Å². The summed E-state index contributed by atoms with van der Waals surface area (Å²) < 4.78 is 68.9. The minimum atomic E-state index is -2.91. The molecule has 1 saturated heterocycles. The maximum absolute atomic E-state index is 14.8. The number of carbonyl (C=O) groups is 3. The van der Waals surface area contributed by atoms with Gasteiger partial charge in [0.05, 0.1) is 13.2 Å². The Hall–Kier alpha value is -4.27. The van der Waals surface area contributed by atoms with Gasteiger partial charge in [-0.25, -0.2) is 18.0 Å². The lowest BCUT2D eigenvalue weighted by atomic mass is 9.87. The molecule has 1 heterocycles. The smallest absolute Gasteiger partial charge is 0.453 e. The maximum atomic E-state index is 14.8. The number of nitrogens with one attached hydrogen (secondary N) is 1. The second-order valence-corrected chi connectivity index (χ2v) is 13.0. The first-order valence-corrected chi connectivity index (χ1v) is 16.6. The number of hydrogen-bond acceptors (Lipinski definition) is 7. The van der Waals surface area contributed by atoms with E-state index in [9.17, 15) is 32.1 Å². The lowest BCUT2D eigenvalue weighted by molar-refractivity contribution is -0.132. The van der Waals surface area contributed by atoms with E-state index in [-0.39, 0.29) is 18.8 Å². The number of anilines is 1. The van der Waals surface area contributed by atoms with Gasteiger partial charge in [0, 0.05) is 24.6 Å². The van der Waals surface area contributed by atoms with Gasteiger partial charge >= 0.3 is 6.09 Å². The fourth-order valence-electron chi connectivity index (χ4n) is 5.86. The number of methoxy groups -OCH3 is 1. The Morgan fingerprint density at radius 1 is 1.12 bits per heavy atom. The van der Waals surface area contributed by atoms with E-state index >= 15 is 0 Å². The number of rotatable bonds is 13. The normalized spacial score (nSPS) is 17.7. The molecule has 0 bridgehead atoms. The zero-order chi connectivity index (χ0) is 34.6. The number of nitrogens with zero attached hydrogens (tertiary/aromatic N) is 3. The lowest BCUT2D eigenvalue weighted by Crippen LogP contribution is -2.55. The molecule has 1 aliphatic carbocycles. The molecule has 3 amide bonds. The summed E-state index contributed by atoms with van der Waals surface area (Å²) in [6.07, 6.45) is -1.45. The summed E-state index contributed by atoms with van der Waals surface area (Å²) in [5.41, 5.74) is 1.78. The summed E-state index contributed by atoms with van der Waals surface area (Å²) in [5.74, 6) is -4.51. The zero-order valence-corrected chi connectivity index (χ0v) is 27.6. The Morgan fingerprint density at radius 3 is 2.44 bits per heavy atom. The van der Waals surface area contributed by atoms with Crippen LogP contribution in [0.25, 0.3) is 0 Å². The van der Waals surface area contributed by atoms with Crippen LogP contribution in [0.1, 0.15) is 55.5 Å². The third-order valence-electron chi connectivity index (χ3n) is 8.46. The summed E-state index contributed by atoms with van der Waals surface area (Å²) in [6, 6.07) is 15.9. The third kappa shape index (κ3) is 7.71. The van der Waals surface area contributed by atoms with E-state index < -0.39 is 78.7 Å².